The van der Waals surface area contributed by atoms with Gasteiger partial charge in [0.05, 0.1) is 13.2 Å². The molecular weight excluding hydrogens is 266 g/mol. The number of nitrogens with two attached hydrogens (primary N) is 1. The predicted molar refractivity (Wildman–Crippen MR) is 85.7 cm³/mol. The van der Waals surface area contributed by atoms with Gasteiger partial charge in [-0.2, -0.15) is 0 Å². The second kappa shape index (κ2) is 8.64. The minimum absolute atomic E-state index is 0.0616. The molecule has 1 aromatic carbocycles. The van der Waals surface area contributed by atoms with Gasteiger partial charge in [-0.3, -0.25) is 4.99 Å². The number of aliphatic hydroxyl groups is 1. The molecule has 2 rings (SSSR count). The van der Waals surface area contributed by atoms with Crippen LogP contribution in [0.25, 0.3) is 0 Å². The van der Waals surface area contributed by atoms with Crippen molar-refractivity contribution in [2.75, 3.05) is 31.7 Å². The van der Waals surface area contributed by atoms with E-state index in [2.05, 4.69) is 28.5 Å². The lowest BCUT2D eigenvalue weighted by atomic mass is 9.90. The Labute approximate surface area is 126 Å². The molecule has 0 spiro atoms. The molecule has 116 valence electrons. The van der Waals surface area contributed by atoms with Gasteiger partial charge in [-0.15, -0.1) is 0 Å². The quantitative estimate of drug-likeness (QED) is 0.406. The first-order valence-corrected chi connectivity index (χ1v) is 7.67. The maximum Gasteiger partial charge on any atom is 0.193 e. The summed E-state index contributed by atoms with van der Waals surface area (Å²) in [5.74, 6) is 0.455. The Hall–Kier alpha value is -1.59. The van der Waals surface area contributed by atoms with Crippen molar-refractivity contribution in [3.8, 4) is 0 Å². The van der Waals surface area contributed by atoms with Gasteiger partial charge >= 0.3 is 0 Å². The Bertz CT molecular complexity index is 475. The van der Waals surface area contributed by atoms with Gasteiger partial charge in [-0.1, -0.05) is 12.1 Å². The molecule has 5 heteroatoms. The van der Waals surface area contributed by atoms with Gasteiger partial charge in [0.1, 0.15) is 0 Å². The number of aryl methyl sites for hydroxylation is 1. The number of hydrogen-bond acceptors (Lipinski definition) is 3. The topological polar surface area (TPSA) is 79.9 Å². The molecule has 21 heavy (non-hydrogen) atoms. The maximum atomic E-state index is 8.59. The van der Waals surface area contributed by atoms with Crippen LogP contribution in [0.5, 0.6) is 0 Å². The van der Waals surface area contributed by atoms with E-state index in [0.29, 0.717) is 25.7 Å². The summed E-state index contributed by atoms with van der Waals surface area (Å²) in [6.07, 6.45) is 5.58. The van der Waals surface area contributed by atoms with Crippen LogP contribution in [0.2, 0.25) is 0 Å². The fraction of sp³-hybridized carbons (Fsp3) is 0.562. The third-order valence-electron chi connectivity index (χ3n) is 3.62. The lowest BCUT2D eigenvalue weighted by Crippen LogP contribution is -2.24. The highest BCUT2D eigenvalue weighted by Crippen LogP contribution is 2.27. The molecule has 4 N–H and O–H groups in total. The third-order valence-corrected chi connectivity index (χ3v) is 3.62. The number of nitrogens with zero attached hydrogens (tertiary/aromatic N) is 1. The molecule has 5 nitrogen and oxygen atoms in total. The van der Waals surface area contributed by atoms with Crippen LogP contribution in [-0.4, -0.2) is 37.4 Å². The van der Waals surface area contributed by atoms with Crippen molar-refractivity contribution < 1.29 is 9.84 Å². The highest BCUT2D eigenvalue weighted by Gasteiger charge is 2.12. The average Bonchev–Trinajstić information content (AvgIpc) is 2.51. The number of aliphatic imine (C=N–C) groups is 1. The van der Waals surface area contributed by atoms with Crippen LogP contribution >= 0.6 is 0 Å². The van der Waals surface area contributed by atoms with Crippen LogP contribution in [0, 0.1) is 0 Å². The molecular formula is C16H25N3O2. The van der Waals surface area contributed by atoms with E-state index < -0.39 is 0 Å². The summed E-state index contributed by atoms with van der Waals surface area (Å²) >= 11 is 0. The van der Waals surface area contributed by atoms with E-state index in [-0.39, 0.29) is 6.61 Å². The molecule has 0 atom stereocenters. The molecule has 0 aliphatic heterocycles. The summed E-state index contributed by atoms with van der Waals surface area (Å²) in [5.41, 5.74) is 9.84. The summed E-state index contributed by atoms with van der Waals surface area (Å²) in [5, 5.41) is 11.8. The SMILES string of the molecule is NC(=NCCCOCCO)Nc1cccc2c1CCCC2. The molecule has 0 unspecified atom stereocenters. The van der Waals surface area contributed by atoms with Crippen LogP contribution in [0.3, 0.4) is 0 Å². The van der Waals surface area contributed by atoms with Crippen LogP contribution in [0.1, 0.15) is 30.4 Å². The molecule has 0 amide bonds. The predicted octanol–water partition coefficient (Wildman–Crippen LogP) is 1.69. The first-order chi connectivity index (χ1) is 10.3. The van der Waals surface area contributed by atoms with Crippen molar-refractivity contribution >= 4 is 11.6 Å². The zero-order chi connectivity index (χ0) is 14.9. The smallest absolute Gasteiger partial charge is 0.193 e. The van der Waals surface area contributed by atoms with E-state index in [4.69, 9.17) is 15.6 Å². The molecule has 1 aromatic rings. The van der Waals surface area contributed by atoms with E-state index in [0.717, 1.165) is 24.9 Å². The van der Waals surface area contributed by atoms with Crippen molar-refractivity contribution in [2.24, 2.45) is 10.7 Å². The fourth-order valence-electron chi connectivity index (χ4n) is 2.61. The second-order valence-corrected chi connectivity index (χ2v) is 5.23. The number of ether oxygens (including phenoxy) is 1. The van der Waals surface area contributed by atoms with Crippen molar-refractivity contribution in [3.63, 3.8) is 0 Å². The molecule has 0 heterocycles. The number of guanidine groups is 1. The van der Waals surface area contributed by atoms with Gasteiger partial charge in [-0.25, -0.2) is 0 Å². The minimum Gasteiger partial charge on any atom is -0.394 e. The Morgan fingerprint density at radius 3 is 3.00 bits per heavy atom. The molecule has 0 bridgehead atoms. The number of nitrogens with one attached hydrogen (secondary N) is 1. The zero-order valence-corrected chi connectivity index (χ0v) is 12.5. The van der Waals surface area contributed by atoms with Crippen LogP contribution in [0.4, 0.5) is 5.69 Å². The molecule has 0 saturated heterocycles. The third kappa shape index (κ3) is 5.02. The summed E-state index contributed by atoms with van der Waals surface area (Å²) in [7, 11) is 0. The fourth-order valence-corrected chi connectivity index (χ4v) is 2.61. The van der Waals surface area contributed by atoms with Crippen LogP contribution < -0.4 is 11.1 Å². The van der Waals surface area contributed by atoms with E-state index in [9.17, 15) is 0 Å². The number of fused-ring (bicyclic) bond motifs is 1. The van der Waals surface area contributed by atoms with Gasteiger partial charge in [0.25, 0.3) is 0 Å². The maximum absolute atomic E-state index is 8.59. The monoisotopic (exact) mass is 291 g/mol. The molecule has 1 aliphatic carbocycles. The number of rotatable bonds is 7. The normalized spacial score (nSPS) is 14.8. The number of benzene rings is 1. The second-order valence-electron chi connectivity index (χ2n) is 5.23. The lowest BCUT2D eigenvalue weighted by Gasteiger charge is -2.19. The summed E-state index contributed by atoms with van der Waals surface area (Å²) in [6, 6.07) is 6.34. The van der Waals surface area contributed by atoms with E-state index >= 15 is 0 Å². The van der Waals surface area contributed by atoms with Crippen LogP contribution in [-0.2, 0) is 17.6 Å². The van der Waals surface area contributed by atoms with E-state index in [1.54, 1.807) is 0 Å². The van der Waals surface area contributed by atoms with Crippen molar-refractivity contribution in [3.05, 3.63) is 29.3 Å². The lowest BCUT2D eigenvalue weighted by molar-refractivity contribution is 0.0918. The largest absolute Gasteiger partial charge is 0.394 e. The minimum atomic E-state index is 0.0616. The summed E-state index contributed by atoms with van der Waals surface area (Å²) < 4.78 is 5.18. The summed E-state index contributed by atoms with van der Waals surface area (Å²) in [4.78, 5) is 4.31. The Morgan fingerprint density at radius 1 is 1.29 bits per heavy atom. The number of aliphatic hydroxyl groups excluding tert-OH is 1. The standard InChI is InChI=1S/C16H25N3O2/c17-16(18-9-4-11-21-12-10-20)19-15-8-3-6-13-5-1-2-7-14(13)15/h3,6,8,20H,1-2,4-5,7,9-12H2,(H3,17,18,19). The highest BCUT2D eigenvalue weighted by atomic mass is 16.5. The van der Waals surface area contributed by atoms with E-state index in [1.807, 2.05) is 0 Å². The average molecular weight is 291 g/mol. The molecule has 0 radical (unpaired) electrons. The Kier molecular flexibility index (Phi) is 6.50. The van der Waals surface area contributed by atoms with Crippen molar-refractivity contribution in [1.29, 1.82) is 0 Å². The Morgan fingerprint density at radius 2 is 2.14 bits per heavy atom. The van der Waals surface area contributed by atoms with Gasteiger partial charge in [0.2, 0.25) is 0 Å². The van der Waals surface area contributed by atoms with Crippen molar-refractivity contribution in [2.45, 2.75) is 32.1 Å². The first kappa shape index (κ1) is 15.8. The van der Waals surface area contributed by atoms with Gasteiger partial charge in [-0.05, 0) is 49.3 Å². The molecule has 0 fully saturated rings. The number of hydrogen-bond donors (Lipinski definition) is 3. The molecule has 1 aliphatic rings. The van der Waals surface area contributed by atoms with Gasteiger partial charge in [0, 0.05) is 18.8 Å². The van der Waals surface area contributed by atoms with Crippen LogP contribution in [0.15, 0.2) is 23.2 Å². The van der Waals surface area contributed by atoms with E-state index in [1.165, 1.54) is 24.0 Å². The first-order valence-electron chi connectivity index (χ1n) is 7.67. The highest BCUT2D eigenvalue weighted by molar-refractivity contribution is 5.93. The summed E-state index contributed by atoms with van der Waals surface area (Å²) in [6.45, 7) is 1.66. The Balaban J connectivity index is 1.83. The van der Waals surface area contributed by atoms with Gasteiger partial charge in [0.15, 0.2) is 5.96 Å². The van der Waals surface area contributed by atoms with Crippen molar-refractivity contribution in [1.82, 2.24) is 0 Å². The van der Waals surface area contributed by atoms with Gasteiger partial charge < -0.3 is 20.9 Å². The zero-order valence-electron chi connectivity index (χ0n) is 12.5. The number of anilines is 1. The molecule has 0 saturated carbocycles. The molecule has 0 aromatic heterocycles.